The molecule has 1 aliphatic rings. The van der Waals surface area contributed by atoms with Gasteiger partial charge >= 0.3 is 0 Å². The number of halogens is 1. The van der Waals surface area contributed by atoms with Gasteiger partial charge in [0.25, 0.3) is 0 Å². The van der Waals surface area contributed by atoms with Gasteiger partial charge in [0.1, 0.15) is 0 Å². The van der Waals surface area contributed by atoms with E-state index in [1.807, 2.05) is 0 Å². The monoisotopic (exact) mass is 116 g/mol. The number of hydrogen-bond donors (Lipinski definition) is 0. The molecule has 1 rings (SSSR count). The van der Waals surface area contributed by atoms with Gasteiger partial charge in [0.2, 0.25) is 0 Å². The van der Waals surface area contributed by atoms with Crippen LogP contribution in [-0.4, -0.2) is 6.67 Å². The fourth-order valence-corrected chi connectivity index (χ4v) is 1.20. The van der Waals surface area contributed by atoms with Crippen LogP contribution in [0.4, 0.5) is 4.39 Å². The smallest absolute Gasteiger partial charge is 0.0899 e. The van der Waals surface area contributed by atoms with E-state index in [1.54, 1.807) is 0 Å². The molecule has 48 valence electrons. The molecule has 0 amide bonds. The van der Waals surface area contributed by atoms with Crippen LogP contribution in [0.1, 0.15) is 26.7 Å². The molecule has 0 spiro atoms. The van der Waals surface area contributed by atoms with Crippen LogP contribution in [0.3, 0.4) is 0 Å². The lowest BCUT2D eigenvalue weighted by Crippen LogP contribution is -1.96. The summed E-state index contributed by atoms with van der Waals surface area (Å²) in [4.78, 5) is 0. The Bertz CT molecular complexity index is 90.4. The Morgan fingerprint density at radius 2 is 2.25 bits per heavy atom. The Hall–Kier alpha value is -0.0700. The van der Waals surface area contributed by atoms with Gasteiger partial charge in [0.15, 0.2) is 0 Å². The van der Waals surface area contributed by atoms with Crippen molar-refractivity contribution in [2.24, 2.45) is 11.3 Å². The summed E-state index contributed by atoms with van der Waals surface area (Å²) in [6.07, 6.45) is 2.01. The first kappa shape index (κ1) is 6.06. The minimum absolute atomic E-state index is 0.138. The lowest BCUT2D eigenvalue weighted by molar-refractivity contribution is 0.374. The van der Waals surface area contributed by atoms with Crippen molar-refractivity contribution < 1.29 is 4.39 Å². The van der Waals surface area contributed by atoms with Crippen molar-refractivity contribution in [3.8, 4) is 0 Å². The quantitative estimate of drug-likeness (QED) is 0.519. The maximum Gasteiger partial charge on any atom is 0.0899 e. The molecule has 0 nitrogen and oxygen atoms in total. The highest BCUT2D eigenvalue weighted by Crippen LogP contribution is 2.54. The Labute approximate surface area is 50.1 Å². The van der Waals surface area contributed by atoms with E-state index < -0.39 is 0 Å². The zero-order chi connectivity index (χ0) is 6.20. The van der Waals surface area contributed by atoms with E-state index >= 15 is 0 Å². The summed E-state index contributed by atoms with van der Waals surface area (Å²) in [5, 5.41) is 0. The highest BCUT2D eigenvalue weighted by molar-refractivity contribution is 4.95. The SMILES string of the molecule is CC1CC1(C)CCF. The molecular weight excluding hydrogens is 103 g/mol. The fraction of sp³-hybridized carbons (Fsp3) is 1.00. The van der Waals surface area contributed by atoms with Crippen LogP contribution in [0.2, 0.25) is 0 Å². The van der Waals surface area contributed by atoms with Gasteiger partial charge in [-0.3, -0.25) is 4.39 Å². The summed E-state index contributed by atoms with van der Waals surface area (Å²) >= 11 is 0. The summed E-state index contributed by atoms with van der Waals surface area (Å²) in [6, 6.07) is 0. The van der Waals surface area contributed by atoms with Gasteiger partial charge < -0.3 is 0 Å². The first-order valence-electron chi connectivity index (χ1n) is 3.25. The summed E-state index contributed by atoms with van der Waals surface area (Å²) in [5.74, 6) is 0.776. The first-order chi connectivity index (χ1) is 3.69. The third kappa shape index (κ3) is 0.862. The third-order valence-electron chi connectivity index (χ3n) is 2.47. The molecule has 0 radical (unpaired) electrons. The fourth-order valence-electron chi connectivity index (χ4n) is 1.20. The van der Waals surface area contributed by atoms with Crippen molar-refractivity contribution >= 4 is 0 Å². The van der Waals surface area contributed by atoms with Gasteiger partial charge in [-0.15, -0.1) is 0 Å². The van der Waals surface area contributed by atoms with E-state index in [4.69, 9.17) is 0 Å². The molecule has 0 heterocycles. The highest BCUT2D eigenvalue weighted by Gasteiger charge is 2.45. The van der Waals surface area contributed by atoms with E-state index in [9.17, 15) is 4.39 Å². The van der Waals surface area contributed by atoms with E-state index in [1.165, 1.54) is 6.42 Å². The van der Waals surface area contributed by atoms with Gasteiger partial charge in [0, 0.05) is 0 Å². The Kier molecular flexibility index (Phi) is 1.30. The van der Waals surface area contributed by atoms with Crippen molar-refractivity contribution in [2.75, 3.05) is 6.67 Å². The van der Waals surface area contributed by atoms with Gasteiger partial charge in [0.05, 0.1) is 6.67 Å². The Balaban J connectivity index is 2.25. The molecular formula is C7H13F. The van der Waals surface area contributed by atoms with Crippen LogP contribution in [0.25, 0.3) is 0 Å². The van der Waals surface area contributed by atoms with Crippen LogP contribution in [0.5, 0.6) is 0 Å². The minimum Gasteiger partial charge on any atom is -0.251 e. The zero-order valence-electron chi connectivity index (χ0n) is 5.58. The second-order valence-electron chi connectivity index (χ2n) is 3.20. The van der Waals surface area contributed by atoms with Crippen molar-refractivity contribution in [1.82, 2.24) is 0 Å². The molecule has 0 aromatic rings. The van der Waals surface area contributed by atoms with Crippen LogP contribution >= 0.6 is 0 Å². The maximum absolute atomic E-state index is 11.7. The van der Waals surface area contributed by atoms with Gasteiger partial charge in [-0.25, -0.2) is 0 Å². The van der Waals surface area contributed by atoms with Crippen LogP contribution < -0.4 is 0 Å². The average molecular weight is 116 g/mol. The molecule has 0 aromatic heterocycles. The summed E-state index contributed by atoms with van der Waals surface area (Å²) in [5.41, 5.74) is 0.384. The molecule has 0 N–H and O–H groups in total. The van der Waals surface area contributed by atoms with Gasteiger partial charge in [-0.05, 0) is 24.2 Å². The topological polar surface area (TPSA) is 0 Å². The van der Waals surface area contributed by atoms with Gasteiger partial charge in [-0.1, -0.05) is 13.8 Å². The van der Waals surface area contributed by atoms with Crippen molar-refractivity contribution in [3.63, 3.8) is 0 Å². The van der Waals surface area contributed by atoms with E-state index in [0.717, 1.165) is 12.3 Å². The molecule has 1 heteroatoms. The minimum atomic E-state index is -0.138. The molecule has 0 aliphatic heterocycles. The van der Waals surface area contributed by atoms with Crippen molar-refractivity contribution in [3.05, 3.63) is 0 Å². The number of alkyl halides is 1. The van der Waals surface area contributed by atoms with Crippen LogP contribution in [-0.2, 0) is 0 Å². The molecule has 0 saturated heterocycles. The lowest BCUT2D eigenvalue weighted by atomic mass is 10.0. The molecule has 1 saturated carbocycles. The molecule has 0 aromatic carbocycles. The number of rotatable bonds is 2. The second kappa shape index (κ2) is 1.71. The van der Waals surface area contributed by atoms with Crippen LogP contribution in [0.15, 0.2) is 0 Å². The average Bonchev–Trinajstić information content (AvgIpc) is 2.16. The third-order valence-corrected chi connectivity index (χ3v) is 2.47. The first-order valence-corrected chi connectivity index (χ1v) is 3.25. The Morgan fingerprint density at radius 3 is 2.38 bits per heavy atom. The Morgan fingerprint density at radius 1 is 1.75 bits per heavy atom. The zero-order valence-corrected chi connectivity index (χ0v) is 5.58. The lowest BCUT2D eigenvalue weighted by Gasteiger charge is -2.02. The molecule has 1 fully saturated rings. The van der Waals surface area contributed by atoms with E-state index in [-0.39, 0.29) is 6.67 Å². The van der Waals surface area contributed by atoms with E-state index in [2.05, 4.69) is 13.8 Å². The molecule has 2 atom stereocenters. The standard InChI is InChI=1S/C7H13F/c1-6-5-7(6,2)3-4-8/h6H,3-5H2,1-2H3. The number of hydrogen-bond acceptors (Lipinski definition) is 0. The van der Waals surface area contributed by atoms with Crippen molar-refractivity contribution in [1.29, 1.82) is 0 Å². The van der Waals surface area contributed by atoms with Gasteiger partial charge in [-0.2, -0.15) is 0 Å². The molecule has 8 heavy (non-hydrogen) atoms. The molecule has 0 bridgehead atoms. The second-order valence-corrected chi connectivity index (χ2v) is 3.20. The summed E-state index contributed by atoms with van der Waals surface area (Å²) in [6.45, 7) is 4.22. The summed E-state index contributed by atoms with van der Waals surface area (Å²) in [7, 11) is 0. The molecule has 1 aliphatic carbocycles. The highest BCUT2D eigenvalue weighted by atomic mass is 19.1. The predicted molar refractivity (Wildman–Crippen MR) is 32.5 cm³/mol. The molecule has 2 unspecified atom stereocenters. The largest absolute Gasteiger partial charge is 0.251 e. The van der Waals surface area contributed by atoms with Crippen LogP contribution in [0, 0.1) is 11.3 Å². The van der Waals surface area contributed by atoms with Crippen molar-refractivity contribution in [2.45, 2.75) is 26.7 Å². The predicted octanol–water partition coefficient (Wildman–Crippen LogP) is 2.39. The normalized spacial score (nSPS) is 44.6. The van der Waals surface area contributed by atoms with E-state index in [0.29, 0.717) is 5.41 Å². The maximum atomic E-state index is 11.7. The summed E-state index contributed by atoms with van der Waals surface area (Å²) < 4.78 is 11.7.